The Morgan fingerprint density at radius 3 is 3.08 bits per heavy atom. The third kappa shape index (κ3) is 3.55. The van der Waals surface area contributed by atoms with Gasteiger partial charge < -0.3 is 14.8 Å². The molecule has 12 heavy (non-hydrogen) atoms. The highest BCUT2D eigenvalue weighted by atomic mass is 16.3. The fourth-order valence-corrected chi connectivity index (χ4v) is 0.936. The molecule has 3 nitrogen and oxygen atoms in total. The molecule has 0 amide bonds. The largest absolute Gasteiger partial charge is 0.468 e. The van der Waals surface area contributed by atoms with E-state index in [0.29, 0.717) is 0 Å². The van der Waals surface area contributed by atoms with Crippen LogP contribution in [0.5, 0.6) is 0 Å². The zero-order valence-electron chi connectivity index (χ0n) is 7.29. The Morgan fingerprint density at radius 1 is 1.67 bits per heavy atom. The van der Waals surface area contributed by atoms with Crippen molar-refractivity contribution in [3.05, 3.63) is 24.2 Å². The molecule has 0 bridgehead atoms. The van der Waals surface area contributed by atoms with Gasteiger partial charge in [0.2, 0.25) is 0 Å². The highest BCUT2D eigenvalue weighted by Gasteiger charge is 1.96. The fraction of sp³-hybridized carbons (Fsp3) is 0.556. The van der Waals surface area contributed by atoms with Gasteiger partial charge in [0.05, 0.1) is 18.9 Å². The van der Waals surface area contributed by atoms with Gasteiger partial charge in [-0.2, -0.15) is 0 Å². The van der Waals surface area contributed by atoms with Gasteiger partial charge in [0.25, 0.3) is 0 Å². The van der Waals surface area contributed by atoms with E-state index in [0.717, 1.165) is 25.3 Å². The van der Waals surface area contributed by atoms with Crippen LogP contribution in [0.4, 0.5) is 0 Å². The summed E-state index contributed by atoms with van der Waals surface area (Å²) in [6, 6.07) is 3.79. The summed E-state index contributed by atoms with van der Waals surface area (Å²) in [5, 5.41) is 12.1. The molecule has 0 fully saturated rings. The lowest BCUT2D eigenvalue weighted by atomic mass is 10.3. The maximum atomic E-state index is 8.95. The summed E-state index contributed by atoms with van der Waals surface area (Å²) in [6.07, 6.45) is 2.21. The van der Waals surface area contributed by atoms with E-state index in [4.69, 9.17) is 9.52 Å². The Labute approximate surface area is 72.4 Å². The first-order chi connectivity index (χ1) is 5.79. The van der Waals surface area contributed by atoms with Gasteiger partial charge in [0.1, 0.15) is 5.76 Å². The van der Waals surface area contributed by atoms with E-state index in [9.17, 15) is 0 Å². The maximum Gasteiger partial charge on any atom is 0.117 e. The summed E-state index contributed by atoms with van der Waals surface area (Å²) < 4.78 is 5.12. The van der Waals surface area contributed by atoms with E-state index in [1.54, 1.807) is 13.2 Å². The van der Waals surface area contributed by atoms with E-state index < -0.39 is 0 Å². The van der Waals surface area contributed by atoms with E-state index >= 15 is 0 Å². The van der Waals surface area contributed by atoms with Crippen LogP contribution in [0, 0.1) is 0 Å². The van der Waals surface area contributed by atoms with Crippen LogP contribution in [0.1, 0.15) is 19.1 Å². The lowest BCUT2D eigenvalue weighted by Gasteiger charge is -2.04. The molecule has 68 valence electrons. The minimum absolute atomic E-state index is 0.228. The van der Waals surface area contributed by atoms with Crippen molar-refractivity contribution in [2.24, 2.45) is 0 Å². The van der Waals surface area contributed by atoms with Crippen LogP contribution in [0.2, 0.25) is 0 Å². The Hall–Kier alpha value is -0.800. The number of hydrogen-bond donors (Lipinski definition) is 2. The molecule has 0 radical (unpaired) electrons. The van der Waals surface area contributed by atoms with Crippen molar-refractivity contribution in [1.29, 1.82) is 0 Å². The number of hydrogen-bond acceptors (Lipinski definition) is 3. The van der Waals surface area contributed by atoms with Crippen molar-refractivity contribution < 1.29 is 9.52 Å². The zero-order chi connectivity index (χ0) is 8.81. The van der Waals surface area contributed by atoms with Crippen LogP contribution in [-0.2, 0) is 6.54 Å². The second kappa shape index (κ2) is 4.95. The molecule has 1 aromatic heterocycles. The quantitative estimate of drug-likeness (QED) is 0.650. The van der Waals surface area contributed by atoms with Crippen molar-refractivity contribution >= 4 is 0 Å². The van der Waals surface area contributed by atoms with Gasteiger partial charge >= 0.3 is 0 Å². The molecule has 0 aliphatic carbocycles. The zero-order valence-corrected chi connectivity index (χ0v) is 7.29. The van der Waals surface area contributed by atoms with Crippen molar-refractivity contribution in [2.75, 3.05) is 6.54 Å². The summed E-state index contributed by atoms with van der Waals surface area (Å²) >= 11 is 0. The van der Waals surface area contributed by atoms with Gasteiger partial charge in [0, 0.05) is 0 Å². The average Bonchev–Trinajstić information content (AvgIpc) is 2.49. The van der Waals surface area contributed by atoms with E-state index in [2.05, 4.69) is 5.32 Å². The van der Waals surface area contributed by atoms with Crippen molar-refractivity contribution in [3.8, 4) is 0 Å². The topological polar surface area (TPSA) is 45.4 Å². The first-order valence-corrected chi connectivity index (χ1v) is 4.20. The molecule has 1 aromatic rings. The van der Waals surface area contributed by atoms with Gasteiger partial charge in [0.15, 0.2) is 0 Å². The average molecular weight is 169 g/mol. The summed E-state index contributed by atoms with van der Waals surface area (Å²) in [6.45, 7) is 3.34. The van der Waals surface area contributed by atoms with Crippen LogP contribution < -0.4 is 5.32 Å². The fourth-order valence-electron chi connectivity index (χ4n) is 0.936. The smallest absolute Gasteiger partial charge is 0.117 e. The third-order valence-electron chi connectivity index (χ3n) is 1.62. The second-order valence-corrected chi connectivity index (χ2v) is 2.89. The Morgan fingerprint density at radius 2 is 2.50 bits per heavy atom. The number of aliphatic hydroxyl groups is 1. The molecule has 0 saturated carbocycles. The van der Waals surface area contributed by atoms with Gasteiger partial charge in [-0.05, 0) is 32.0 Å². The van der Waals surface area contributed by atoms with Gasteiger partial charge in [-0.3, -0.25) is 0 Å². The molecule has 0 aliphatic rings. The summed E-state index contributed by atoms with van der Waals surface area (Å²) in [7, 11) is 0. The van der Waals surface area contributed by atoms with E-state index in [-0.39, 0.29) is 6.10 Å². The van der Waals surface area contributed by atoms with E-state index in [1.165, 1.54) is 0 Å². The first-order valence-electron chi connectivity index (χ1n) is 4.20. The number of furan rings is 1. The molecule has 2 N–H and O–H groups in total. The maximum absolute atomic E-state index is 8.95. The second-order valence-electron chi connectivity index (χ2n) is 2.89. The Bertz CT molecular complexity index is 194. The molecule has 3 heteroatoms. The molecule has 0 aromatic carbocycles. The molecular weight excluding hydrogens is 154 g/mol. The predicted molar refractivity (Wildman–Crippen MR) is 46.7 cm³/mol. The normalized spacial score (nSPS) is 13.2. The molecule has 0 saturated heterocycles. The van der Waals surface area contributed by atoms with Crippen molar-refractivity contribution in [1.82, 2.24) is 5.32 Å². The number of nitrogens with one attached hydrogen (secondary N) is 1. The predicted octanol–water partition coefficient (Wildman–Crippen LogP) is 1.14. The lowest BCUT2D eigenvalue weighted by Crippen LogP contribution is -2.18. The molecule has 1 heterocycles. The Kier molecular flexibility index (Phi) is 3.84. The minimum Gasteiger partial charge on any atom is -0.468 e. The molecule has 1 atom stereocenters. The van der Waals surface area contributed by atoms with Crippen LogP contribution in [0.3, 0.4) is 0 Å². The van der Waals surface area contributed by atoms with Crippen LogP contribution in [-0.4, -0.2) is 17.8 Å². The molecular formula is C9H15NO2. The van der Waals surface area contributed by atoms with Crippen molar-refractivity contribution in [2.45, 2.75) is 26.0 Å². The molecule has 1 rings (SSSR count). The molecule has 1 unspecified atom stereocenters. The van der Waals surface area contributed by atoms with Crippen LogP contribution in [0.15, 0.2) is 22.8 Å². The van der Waals surface area contributed by atoms with Gasteiger partial charge in [-0.15, -0.1) is 0 Å². The summed E-state index contributed by atoms with van der Waals surface area (Å²) in [5.74, 6) is 0.931. The highest BCUT2D eigenvalue weighted by Crippen LogP contribution is 1.98. The number of rotatable bonds is 5. The third-order valence-corrected chi connectivity index (χ3v) is 1.62. The SMILES string of the molecule is CC(O)CCNCc1ccco1. The summed E-state index contributed by atoms with van der Waals surface area (Å²) in [5.41, 5.74) is 0. The first kappa shape index (κ1) is 9.29. The van der Waals surface area contributed by atoms with Crippen LogP contribution >= 0.6 is 0 Å². The number of aliphatic hydroxyl groups excluding tert-OH is 1. The highest BCUT2D eigenvalue weighted by molar-refractivity contribution is 4.97. The standard InChI is InChI=1S/C9H15NO2/c1-8(11)4-5-10-7-9-3-2-6-12-9/h2-3,6,8,10-11H,4-5,7H2,1H3. The Balaban J connectivity index is 2.04. The molecule has 0 spiro atoms. The van der Waals surface area contributed by atoms with Crippen LogP contribution in [0.25, 0.3) is 0 Å². The van der Waals surface area contributed by atoms with Crippen molar-refractivity contribution in [3.63, 3.8) is 0 Å². The minimum atomic E-state index is -0.228. The van der Waals surface area contributed by atoms with E-state index in [1.807, 2.05) is 12.1 Å². The van der Waals surface area contributed by atoms with Gasteiger partial charge in [-0.1, -0.05) is 0 Å². The molecule has 0 aliphatic heterocycles. The van der Waals surface area contributed by atoms with Gasteiger partial charge in [-0.25, -0.2) is 0 Å². The monoisotopic (exact) mass is 169 g/mol. The summed E-state index contributed by atoms with van der Waals surface area (Å²) in [4.78, 5) is 0. The lowest BCUT2D eigenvalue weighted by molar-refractivity contribution is 0.183.